The van der Waals surface area contributed by atoms with Crippen LogP contribution in [0.1, 0.15) is 52.4 Å². The van der Waals surface area contributed by atoms with Crippen LogP contribution in [0.4, 0.5) is 17.6 Å². The molecule has 0 aliphatic carbocycles. The number of aliphatic carboxylic acids is 1. The van der Waals surface area contributed by atoms with E-state index in [-0.39, 0.29) is 6.42 Å². The summed E-state index contributed by atoms with van der Waals surface area (Å²) < 4.78 is 79.6. The van der Waals surface area contributed by atoms with Crippen molar-refractivity contribution in [1.82, 2.24) is 4.31 Å². The maximum Gasteiger partial charge on any atom is 0.383 e. The molecule has 0 radical (unpaired) electrons. The molecule has 11 heteroatoms. The lowest BCUT2D eigenvalue weighted by molar-refractivity contribution is -0.236. The minimum absolute atomic E-state index is 0.0654. The zero-order chi connectivity index (χ0) is 20.6. The van der Waals surface area contributed by atoms with Crippen LogP contribution in [-0.2, 0) is 14.8 Å². The fourth-order valence-corrected chi connectivity index (χ4v) is 4.01. The molecule has 0 atom stereocenters. The molecule has 0 saturated heterocycles. The fourth-order valence-electron chi connectivity index (χ4n) is 2.22. The molecule has 0 rings (SSSR count). The van der Waals surface area contributed by atoms with Crippen molar-refractivity contribution in [2.24, 2.45) is 0 Å². The minimum Gasteiger partial charge on any atom is -0.477 e. The van der Waals surface area contributed by atoms with Crippen LogP contribution in [0, 0.1) is 0 Å². The summed E-state index contributed by atoms with van der Waals surface area (Å²) in [5, 5.41) is 6.93. The zero-order valence-electron chi connectivity index (χ0n) is 14.7. The standard InChI is InChI=1S/C15H24ClF4NO4S/c1-3-5-6-7-8-9-10-26(24,25)21(4-2)15(19,20)14(17,18)11-12(16)13(22)23/h11H,3-10H2,1-2H3,(H,22,23). The molecule has 1 N–H and O–H groups in total. The van der Waals surface area contributed by atoms with Crippen molar-refractivity contribution in [2.45, 2.75) is 64.3 Å². The first-order chi connectivity index (χ1) is 11.8. The van der Waals surface area contributed by atoms with Gasteiger partial charge in [-0.3, -0.25) is 0 Å². The number of carbonyl (C=O) groups is 1. The van der Waals surface area contributed by atoms with Crippen LogP contribution < -0.4 is 0 Å². The summed E-state index contributed by atoms with van der Waals surface area (Å²) in [6, 6.07) is -5.15. The second kappa shape index (κ2) is 10.5. The third-order valence-corrected chi connectivity index (χ3v) is 5.84. The third kappa shape index (κ3) is 7.03. The Balaban J connectivity index is 5.26. The number of unbranched alkanes of at least 4 members (excludes halogenated alkanes) is 5. The number of alkyl halides is 4. The van der Waals surface area contributed by atoms with Gasteiger partial charge in [0.25, 0.3) is 0 Å². The second-order valence-corrected chi connectivity index (χ2v) is 8.13. The molecule has 0 aromatic heterocycles. The lowest BCUT2D eigenvalue weighted by Gasteiger charge is -2.33. The van der Waals surface area contributed by atoms with E-state index in [0.717, 1.165) is 32.6 Å². The van der Waals surface area contributed by atoms with Crippen LogP contribution in [0.25, 0.3) is 0 Å². The summed E-state index contributed by atoms with van der Waals surface area (Å²) in [5.41, 5.74) is 0. The normalized spacial score (nSPS) is 14.1. The smallest absolute Gasteiger partial charge is 0.383 e. The largest absolute Gasteiger partial charge is 0.477 e. The van der Waals surface area contributed by atoms with Crippen LogP contribution in [0.15, 0.2) is 11.1 Å². The molecule has 0 bridgehead atoms. The number of halogens is 5. The Morgan fingerprint density at radius 3 is 2.04 bits per heavy atom. The van der Waals surface area contributed by atoms with Gasteiger partial charge in [0.2, 0.25) is 10.0 Å². The molecule has 5 nitrogen and oxygen atoms in total. The van der Waals surface area contributed by atoms with Gasteiger partial charge in [-0.25, -0.2) is 13.2 Å². The van der Waals surface area contributed by atoms with Gasteiger partial charge in [-0.05, 0) is 6.42 Å². The summed E-state index contributed by atoms with van der Waals surface area (Å²) in [4.78, 5) is 10.5. The van der Waals surface area contributed by atoms with E-state index in [1.165, 1.54) is 0 Å². The average Bonchev–Trinajstić information content (AvgIpc) is 2.50. The van der Waals surface area contributed by atoms with E-state index in [0.29, 0.717) is 6.42 Å². The van der Waals surface area contributed by atoms with E-state index >= 15 is 0 Å². The summed E-state index contributed by atoms with van der Waals surface area (Å²) in [6.07, 6.45) is 3.43. The Labute approximate surface area is 156 Å². The van der Waals surface area contributed by atoms with E-state index in [9.17, 15) is 30.8 Å². The number of nitrogens with zero attached hydrogens (tertiary/aromatic N) is 1. The van der Waals surface area contributed by atoms with Crippen molar-refractivity contribution in [2.75, 3.05) is 12.3 Å². The first-order valence-corrected chi connectivity index (χ1v) is 10.2. The zero-order valence-corrected chi connectivity index (χ0v) is 16.2. The van der Waals surface area contributed by atoms with Crippen LogP contribution in [0.2, 0.25) is 0 Å². The molecule has 0 unspecified atom stereocenters. The van der Waals surface area contributed by atoms with Gasteiger partial charge < -0.3 is 5.11 Å². The molecule has 0 heterocycles. The van der Waals surface area contributed by atoms with Crippen molar-refractivity contribution in [1.29, 1.82) is 0 Å². The first-order valence-electron chi connectivity index (χ1n) is 8.21. The predicted molar refractivity (Wildman–Crippen MR) is 91.0 cm³/mol. The Morgan fingerprint density at radius 1 is 1.08 bits per heavy atom. The highest BCUT2D eigenvalue weighted by Crippen LogP contribution is 2.41. The Kier molecular flexibility index (Phi) is 10.1. The van der Waals surface area contributed by atoms with Gasteiger partial charge in [0.05, 0.1) is 5.75 Å². The van der Waals surface area contributed by atoms with Gasteiger partial charge >= 0.3 is 17.9 Å². The maximum absolute atomic E-state index is 14.2. The van der Waals surface area contributed by atoms with Crippen LogP contribution in [-0.4, -0.2) is 48.1 Å². The molecular formula is C15H24ClF4NO4S. The maximum atomic E-state index is 14.2. The number of hydrogen-bond donors (Lipinski definition) is 1. The monoisotopic (exact) mass is 425 g/mol. The predicted octanol–water partition coefficient (Wildman–Crippen LogP) is 4.43. The Morgan fingerprint density at radius 2 is 1.58 bits per heavy atom. The number of carboxylic acids is 1. The summed E-state index contributed by atoms with van der Waals surface area (Å²) in [7, 11) is -4.68. The molecule has 0 aromatic carbocycles. The van der Waals surface area contributed by atoms with E-state index in [2.05, 4.69) is 0 Å². The van der Waals surface area contributed by atoms with E-state index < -0.39 is 55.7 Å². The third-order valence-electron chi connectivity index (χ3n) is 3.61. The number of rotatable bonds is 13. The topological polar surface area (TPSA) is 74.7 Å². The highest BCUT2D eigenvalue weighted by molar-refractivity contribution is 7.89. The molecule has 0 spiro atoms. The lowest BCUT2D eigenvalue weighted by Crippen LogP contribution is -2.56. The minimum atomic E-state index is -5.15. The van der Waals surface area contributed by atoms with E-state index in [1.54, 1.807) is 0 Å². The molecule has 26 heavy (non-hydrogen) atoms. The quantitative estimate of drug-likeness (QED) is 0.205. The molecule has 0 aliphatic heterocycles. The lowest BCUT2D eigenvalue weighted by atomic mass is 10.1. The highest BCUT2D eigenvalue weighted by Gasteiger charge is 2.62. The van der Waals surface area contributed by atoms with Gasteiger partial charge in [-0.1, -0.05) is 57.6 Å². The molecule has 0 fully saturated rings. The van der Waals surface area contributed by atoms with Gasteiger partial charge in [-0.15, -0.1) is 4.31 Å². The molecule has 0 amide bonds. The fraction of sp³-hybridized carbons (Fsp3) is 0.800. The van der Waals surface area contributed by atoms with Crippen molar-refractivity contribution >= 4 is 27.6 Å². The molecule has 0 aromatic rings. The van der Waals surface area contributed by atoms with Gasteiger partial charge in [-0.2, -0.15) is 17.6 Å². The Hall–Kier alpha value is -0.870. The van der Waals surface area contributed by atoms with Crippen LogP contribution in [0.3, 0.4) is 0 Å². The number of hydrogen-bond acceptors (Lipinski definition) is 3. The van der Waals surface area contributed by atoms with Gasteiger partial charge in [0, 0.05) is 12.6 Å². The van der Waals surface area contributed by atoms with E-state index in [1.807, 2.05) is 6.92 Å². The van der Waals surface area contributed by atoms with Gasteiger partial charge in [0.1, 0.15) is 5.03 Å². The van der Waals surface area contributed by atoms with Crippen molar-refractivity contribution in [3.63, 3.8) is 0 Å². The molecular weight excluding hydrogens is 402 g/mol. The Bertz CT molecular complexity index is 596. The van der Waals surface area contributed by atoms with E-state index in [4.69, 9.17) is 16.7 Å². The van der Waals surface area contributed by atoms with Crippen molar-refractivity contribution in [3.05, 3.63) is 11.1 Å². The molecule has 0 saturated carbocycles. The average molecular weight is 426 g/mol. The number of carboxylic acid groups (broad SMARTS) is 1. The van der Waals surface area contributed by atoms with Crippen LogP contribution >= 0.6 is 11.6 Å². The SMILES string of the molecule is CCCCCCCCS(=O)(=O)N(CC)C(F)(F)C(F)(F)C=C(Cl)C(=O)O. The summed E-state index contributed by atoms with van der Waals surface area (Å²) >= 11 is 4.99. The second-order valence-electron chi connectivity index (χ2n) is 5.71. The van der Waals surface area contributed by atoms with Gasteiger partial charge in [0.15, 0.2) is 0 Å². The molecule has 154 valence electrons. The highest BCUT2D eigenvalue weighted by atomic mass is 35.5. The summed E-state index contributed by atoms with van der Waals surface area (Å²) in [5.74, 6) is -7.82. The molecule has 0 aliphatic rings. The van der Waals surface area contributed by atoms with Crippen molar-refractivity contribution < 1.29 is 35.9 Å². The summed E-state index contributed by atoms with van der Waals surface area (Å²) in [6.45, 7) is 2.08. The first kappa shape index (κ1) is 25.1. The number of sulfonamides is 1. The van der Waals surface area contributed by atoms with Crippen LogP contribution in [0.5, 0.6) is 0 Å². The van der Waals surface area contributed by atoms with Crippen molar-refractivity contribution in [3.8, 4) is 0 Å².